The molecule has 0 saturated carbocycles. The minimum Gasteiger partial charge on any atom is -0.344 e. The Morgan fingerprint density at radius 1 is 1.40 bits per heavy atom. The van der Waals surface area contributed by atoms with Crippen LogP contribution in [0.25, 0.3) is 0 Å². The molecule has 1 fully saturated rings. The largest absolute Gasteiger partial charge is 0.344 e. The molecule has 1 rings (SSSR count). The van der Waals surface area contributed by atoms with Crippen molar-refractivity contribution >= 4 is 11.8 Å². The Hall–Kier alpha value is -1.10. The van der Waals surface area contributed by atoms with Gasteiger partial charge in [0.25, 0.3) is 0 Å². The van der Waals surface area contributed by atoms with Crippen molar-refractivity contribution in [1.82, 2.24) is 9.80 Å². The second-order valence-corrected chi connectivity index (χ2v) is 4.18. The van der Waals surface area contributed by atoms with Crippen LogP contribution in [0.1, 0.15) is 13.3 Å². The number of nitrogens with zero attached hydrogens (tertiary/aromatic N) is 2. The lowest BCUT2D eigenvalue weighted by atomic mass is 10.1. The molecule has 2 N–H and O–H groups in total. The molecule has 0 radical (unpaired) electrons. The van der Waals surface area contributed by atoms with Gasteiger partial charge < -0.3 is 15.5 Å². The maximum atomic E-state index is 11.7. The van der Waals surface area contributed by atoms with Crippen molar-refractivity contribution in [2.75, 3.05) is 33.2 Å². The van der Waals surface area contributed by atoms with Crippen LogP contribution in [0.2, 0.25) is 0 Å². The van der Waals surface area contributed by atoms with E-state index in [2.05, 4.69) is 0 Å². The third kappa shape index (κ3) is 3.20. The second-order valence-electron chi connectivity index (χ2n) is 4.18. The summed E-state index contributed by atoms with van der Waals surface area (Å²) >= 11 is 0. The van der Waals surface area contributed by atoms with Gasteiger partial charge in [-0.05, 0) is 12.5 Å². The van der Waals surface area contributed by atoms with E-state index in [-0.39, 0.29) is 24.3 Å². The van der Waals surface area contributed by atoms with Gasteiger partial charge in [0.15, 0.2) is 0 Å². The molecule has 1 heterocycles. The fourth-order valence-corrected chi connectivity index (χ4v) is 1.54. The molecule has 5 heteroatoms. The van der Waals surface area contributed by atoms with Gasteiger partial charge in [0, 0.05) is 26.6 Å². The van der Waals surface area contributed by atoms with E-state index in [9.17, 15) is 9.59 Å². The fraction of sp³-hybridized carbons (Fsp3) is 0.800. The van der Waals surface area contributed by atoms with Crippen molar-refractivity contribution in [1.29, 1.82) is 0 Å². The molecule has 0 aromatic carbocycles. The molecule has 2 amide bonds. The predicted molar refractivity (Wildman–Crippen MR) is 57.1 cm³/mol. The highest BCUT2D eigenvalue weighted by Gasteiger charge is 2.24. The van der Waals surface area contributed by atoms with Crippen molar-refractivity contribution in [2.24, 2.45) is 11.7 Å². The zero-order valence-corrected chi connectivity index (χ0v) is 9.40. The number of likely N-dealkylation sites (N-methyl/N-ethyl adjacent to an activating group) is 1. The number of carbonyl (C=O) groups is 2. The maximum Gasteiger partial charge on any atom is 0.241 e. The van der Waals surface area contributed by atoms with Crippen LogP contribution in [0.3, 0.4) is 0 Å². The van der Waals surface area contributed by atoms with E-state index in [0.29, 0.717) is 26.1 Å². The zero-order valence-electron chi connectivity index (χ0n) is 9.40. The quantitative estimate of drug-likeness (QED) is 0.672. The minimum atomic E-state index is 0.00470. The van der Waals surface area contributed by atoms with E-state index in [1.54, 1.807) is 16.8 Å². The van der Waals surface area contributed by atoms with Crippen molar-refractivity contribution < 1.29 is 9.59 Å². The first-order chi connectivity index (χ1) is 7.04. The second kappa shape index (κ2) is 5.11. The Labute approximate surface area is 90.2 Å². The number of hydrogen-bond acceptors (Lipinski definition) is 3. The van der Waals surface area contributed by atoms with Crippen LogP contribution in [0.4, 0.5) is 0 Å². The lowest BCUT2D eigenvalue weighted by Crippen LogP contribution is -2.40. The van der Waals surface area contributed by atoms with Gasteiger partial charge in [-0.2, -0.15) is 0 Å². The number of carbonyl (C=O) groups excluding carboxylic acids is 2. The van der Waals surface area contributed by atoms with E-state index >= 15 is 0 Å². The van der Waals surface area contributed by atoms with E-state index < -0.39 is 0 Å². The summed E-state index contributed by atoms with van der Waals surface area (Å²) in [7, 11) is 1.73. The highest BCUT2D eigenvalue weighted by atomic mass is 16.2. The standard InChI is InChI=1S/C10H19N3O2/c1-8(5-11)6-13-7-10(15)12(2)4-3-9(13)14/h8H,3-7,11H2,1-2H3. The first kappa shape index (κ1) is 12.0. The average molecular weight is 213 g/mol. The van der Waals surface area contributed by atoms with Crippen molar-refractivity contribution in [3.05, 3.63) is 0 Å². The van der Waals surface area contributed by atoms with Crippen LogP contribution in [-0.4, -0.2) is 54.8 Å². The third-order valence-electron chi connectivity index (χ3n) is 2.70. The van der Waals surface area contributed by atoms with Crippen LogP contribution in [0, 0.1) is 5.92 Å². The summed E-state index contributed by atoms with van der Waals surface area (Å²) in [5.74, 6) is 0.295. The first-order valence-electron chi connectivity index (χ1n) is 5.26. The Morgan fingerprint density at radius 2 is 2.07 bits per heavy atom. The summed E-state index contributed by atoms with van der Waals surface area (Å²) in [5.41, 5.74) is 5.50. The van der Waals surface area contributed by atoms with Crippen molar-refractivity contribution in [2.45, 2.75) is 13.3 Å². The van der Waals surface area contributed by atoms with E-state index in [0.717, 1.165) is 0 Å². The first-order valence-corrected chi connectivity index (χ1v) is 5.26. The van der Waals surface area contributed by atoms with Crippen LogP contribution in [0.5, 0.6) is 0 Å². The summed E-state index contributed by atoms with van der Waals surface area (Å²) in [4.78, 5) is 26.4. The van der Waals surface area contributed by atoms with E-state index in [4.69, 9.17) is 5.73 Å². The molecule has 1 saturated heterocycles. The smallest absolute Gasteiger partial charge is 0.241 e. The van der Waals surface area contributed by atoms with Gasteiger partial charge in [-0.1, -0.05) is 6.92 Å². The van der Waals surface area contributed by atoms with Crippen LogP contribution in [-0.2, 0) is 9.59 Å². The van der Waals surface area contributed by atoms with E-state index in [1.165, 1.54) is 0 Å². The lowest BCUT2D eigenvalue weighted by molar-refractivity contribution is -0.136. The average Bonchev–Trinajstić information content (AvgIpc) is 2.33. The number of rotatable bonds is 3. The minimum absolute atomic E-state index is 0.00470. The SMILES string of the molecule is CC(CN)CN1CC(=O)N(C)CCC1=O. The molecule has 1 aliphatic rings. The molecule has 0 bridgehead atoms. The zero-order chi connectivity index (χ0) is 11.4. The molecule has 0 spiro atoms. The van der Waals surface area contributed by atoms with Crippen LogP contribution in [0.15, 0.2) is 0 Å². The normalized spacial score (nSPS) is 20.5. The molecular weight excluding hydrogens is 194 g/mol. The summed E-state index contributed by atoms with van der Waals surface area (Å²) in [6.45, 7) is 3.81. The molecule has 15 heavy (non-hydrogen) atoms. The molecule has 0 aromatic rings. The summed E-state index contributed by atoms with van der Waals surface area (Å²) in [6, 6.07) is 0. The molecule has 5 nitrogen and oxygen atoms in total. The lowest BCUT2D eigenvalue weighted by Gasteiger charge is -2.22. The van der Waals surface area contributed by atoms with Crippen LogP contribution >= 0.6 is 0 Å². The third-order valence-corrected chi connectivity index (χ3v) is 2.70. The van der Waals surface area contributed by atoms with E-state index in [1.807, 2.05) is 6.92 Å². The number of amides is 2. The Balaban J connectivity index is 2.61. The van der Waals surface area contributed by atoms with Crippen LogP contribution < -0.4 is 5.73 Å². The van der Waals surface area contributed by atoms with Gasteiger partial charge in [0.1, 0.15) is 0 Å². The van der Waals surface area contributed by atoms with Gasteiger partial charge in [-0.25, -0.2) is 0 Å². The number of nitrogens with two attached hydrogens (primary N) is 1. The van der Waals surface area contributed by atoms with Gasteiger partial charge in [-0.15, -0.1) is 0 Å². The predicted octanol–water partition coefficient (Wildman–Crippen LogP) is -0.728. The molecule has 1 atom stereocenters. The van der Waals surface area contributed by atoms with Gasteiger partial charge in [-0.3, -0.25) is 9.59 Å². The highest BCUT2D eigenvalue weighted by molar-refractivity contribution is 5.87. The molecular formula is C10H19N3O2. The Morgan fingerprint density at radius 3 is 2.67 bits per heavy atom. The molecule has 1 unspecified atom stereocenters. The topological polar surface area (TPSA) is 66.6 Å². The molecule has 0 aromatic heterocycles. The summed E-state index contributed by atoms with van der Waals surface area (Å²) in [5, 5.41) is 0. The maximum absolute atomic E-state index is 11.7. The molecule has 1 aliphatic heterocycles. The molecule has 86 valence electrons. The Kier molecular flexibility index (Phi) is 4.08. The highest BCUT2D eigenvalue weighted by Crippen LogP contribution is 2.07. The Bertz CT molecular complexity index is 255. The summed E-state index contributed by atoms with van der Waals surface area (Å²) < 4.78 is 0. The monoisotopic (exact) mass is 213 g/mol. The fourth-order valence-electron chi connectivity index (χ4n) is 1.54. The van der Waals surface area contributed by atoms with Gasteiger partial charge in [0.05, 0.1) is 6.54 Å². The van der Waals surface area contributed by atoms with Crippen molar-refractivity contribution in [3.8, 4) is 0 Å². The van der Waals surface area contributed by atoms with Gasteiger partial charge in [0.2, 0.25) is 11.8 Å². The van der Waals surface area contributed by atoms with Gasteiger partial charge >= 0.3 is 0 Å². The number of hydrogen-bond donors (Lipinski definition) is 1. The van der Waals surface area contributed by atoms with Crippen molar-refractivity contribution in [3.63, 3.8) is 0 Å². The molecule has 0 aliphatic carbocycles. The summed E-state index contributed by atoms with van der Waals surface area (Å²) in [6.07, 6.45) is 0.416.